The predicted molar refractivity (Wildman–Crippen MR) is 120 cm³/mol. The lowest BCUT2D eigenvalue weighted by molar-refractivity contribution is 0.0218. The molecule has 0 unspecified atom stereocenters. The second kappa shape index (κ2) is 7.75. The number of aromatic nitrogens is 2. The second-order valence-electron chi connectivity index (χ2n) is 9.64. The molecule has 164 valence electrons. The summed E-state index contributed by atoms with van der Waals surface area (Å²) >= 11 is 0. The standard InChI is InChI=1S/C23H30BN3O4/c1-15-23(5,6)31-24(30-15)17-11-9-16(10-12-17)18-14-25-20(26-18)19-8-7-13-27(19)21(28)29-22(2,3)4/h9-12,14,19H,1,7-8,13H2,2-6H3,(H,25,26)/t19-/m0/s1. The van der Waals surface area contributed by atoms with Gasteiger partial charge >= 0.3 is 13.2 Å². The van der Waals surface area contributed by atoms with Crippen molar-refractivity contribution in [2.45, 2.75) is 64.7 Å². The number of amides is 1. The van der Waals surface area contributed by atoms with E-state index in [4.69, 9.17) is 14.0 Å². The molecule has 0 spiro atoms. The zero-order valence-electron chi connectivity index (χ0n) is 18.9. The molecule has 7 nitrogen and oxygen atoms in total. The number of likely N-dealkylation sites (tertiary alicyclic amines) is 1. The molecule has 1 amide bonds. The van der Waals surface area contributed by atoms with Gasteiger partial charge in [0.15, 0.2) is 0 Å². The number of carbonyl (C=O) groups is 1. The number of rotatable bonds is 3. The van der Waals surface area contributed by atoms with Gasteiger partial charge in [-0.25, -0.2) is 9.78 Å². The second-order valence-corrected chi connectivity index (χ2v) is 9.64. The molecule has 2 saturated heterocycles. The molecule has 2 aliphatic heterocycles. The van der Waals surface area contributed by atoms with Crippen molar-refractivity contribution in [2.24, 2.45) is 0 Å². The van der Waals surface area contributed by atoms with Gasteiger partial charge in [-0.05, 0) is 58.5 Å². The molecule has 1 aromatic carbocycles. The summed E-state index contributed by atoms with van der Waals surface area (Å²) in [5, 5.41) is 0. The van der Waals surface area contributed by atoms with Gasteiger partial charge in [0, 0.05) is 6.54 Å². The van der Waals surface area contributed by atoms with E-state index in [0.29, 0.717) is 12.3 Å². The van der Waals surface area contributed by atoms with Crippen molar-refractivity contribution in [3.63, 3.8) is 0 Å². The van der Waals surface area contributed by atoms with Gasteiger partial charge in [0.2, 0.25) is 0 Å². The fraction of sp³-hybridized carbons (Fsp3) is 0.478. The first-order valence-corrected chi connectivity index (χ1v) is 10.7. The summed E-state index contributed by atoms with van der Waals surface area (Å²) in [5.74, 6) is 1.41. The summed E-state index contributed by atoms with van der Waals surface area (Å²) in [6, 6.07) is 7.88. The van der Waals surface area contributed by atoms with Crippen LogP contribution in [0.15, 0.2) is 42.8 Å². The monoisotopic (exact) mass is 423 g/mol. The highest BCUT2D eigenvalue weighted by molar-refractivity contribution is 6.62. The van der Waals surface area contributed by atoms with Gasteiger partial charge < -0.3 is 19.0 Å². The van der Waals surface area contributed by atoms with E-state index in [1.54, 1.807) is 4.90 Å². The topological polar surface area (TPSA) is 76.7 Å². The minimum atomic E-state index is -0.519. The zero-order valence-corrected chi connectivity index (χ0v) is 18.9. The van der Waals surface area contributed by atoms with Crippen LogP contribution >= 0.6 is 0 Å². The minimum absolute atomic E-state index is 0.101. The van der Waals surface area contributed by atoms with E-state index in [2.05, 4.69) is 16.5 Å². The van der Waals surface area contributed by atoms with Crippen LogP contribution in [-0.2, 0) is 14.0 Å². The third-order valence-corrected chi connectivity index (χ3v) is 5.61. The number of nitrogens with zero attached hydrogens (tertiary/aromatic N) is 2. The molecule has 0 aliphatic carbocycles. The van der Waals surface area contributed by atoms with Gasteiger partial charge in [0.25, 0.3) is 0 Å². The molecule has 1 N–H and O–H groups in total. The predicted octanol–water partition coefficient (Wildman–Crippen LogP) is 4.18. The van der Waals surface area contributed by atoms with Crippen molar-refractivity contribution in [1.29, 1.82) is 0 Å². The van der Waals surface area contributed by atoms with Crippen molar-refractivity contribution in [2.75, 3.05) is 6.54 Å². The van der Waals surface area contributed by atoms with Crippen LogP contribution in [0.3, 0.4) is 0 Å². The van der Waals surface area contributed by atoms with Gasteiger partial charge in [0.05, 0.1) is 23.7 Å². The first-order valence-electron chi connectivity index (χ1n) is 10.7. The Morgan fingerprint density at radius 2 is 2.03 bits per heavy atom. The van der Waals surface area contributed by atoms with Gasteiger partial charge in [0.1, 0.15) is 17.0 Å². The molecule has 0 saturated carbocycles. The van der Waals surface area contributed by atoms with Gasteiger partial charge in [-0.3, -0.25) is 4.90 Å². The maximum atomic E-state index is 12.6. The number of hydrogen-bond acceptors (Lipinski definition) is 5. The van der Waals surface area contributed by atoms with Crippen molar-refractivity contribution in [1.82, 2.24) is 14.9 Å². The van der Waals surface area contributed by atoms with Crippen LogP contribution in [0, 0.1) is 0 Å². The van der Waals surface area contributed by atoms with Gasteiger partial charge in [-0.1, -0.05) is 30.8 Å². The molecule has 31 heavy (non-hydrogen) atoms. The van der Waals surface area contributed by atoms with E-state index in [0.717, 1.165) is 35.4 Å². The summed E-state index contributed by atoms with van der Waals surface area (Å²) in [7, 11) is -0.449. The number of aromatic amines is 1. The third-order valence-electron chi connectivity index (χ3n) is 5.61. The summed E-state index contributed by atoms with van der Waals surface area (Å²) in [6.07, 6.45) is 3.31. The Hall–Kier alpha value is -2.74. The Balaban J connectivity index is 1.47. The highest BCUT2D eigenvalue weighted by atomic mass is 16.7. The lowest BCUT2D eigenvalue weighted by atomic mass is 9.79. The maximum absolute atomic E-state index is 12.6. The van der Waals surface area contributed by atoms with Crippen LogP contribution in [0.5, 0.6) is 0 Å². The Morgan fingerprint density at radius 3 is 2.65 bits per heavy atom. The molecule has 1 aromatic heterocycles. The van der Waals surface area contributed by atoms with Crippen LogP contribution in [0.25, 0.3) is 11.3 Å². The van der Waals surface area contributed by atoms with Crippen molar-refractivity contribution in [3.05, 3.63) is 48.6 Å². The normalized spacial score (nSPS) is 20.8. The fourth-order valence-corrected chi connectivity index (χ4v) is 3.83. The van der Waals surface area contributed by atoms with E-state index >= 15 is 0 Å². The Kier molecular flexibility index (Phi) is 5.37. The number of carbonyl (C=O) groups excluding carboxylic acids is 1. The fourth-order valence-electron chi connectivity index (χ4n) is 3.83. The Morgan fingerprint density at radius 1 is 1.32 bits per heavy atom. The Bertz CT molecular complexity index is 977. The first kappa shape index (κ1) is 21.5. The minimum Gasteiger partial charge on any atom is -0.534 e. The summed E-state index contributed by atoms with van der Waals surface area (Å²) in [4.78, 5) is 22.3. The van der Waals surface area contributed by atoms with E-state index < -0.39 is 18.3 Å². The molecular formula is C23H30BN3O4. The molecule has 0 radical (unpaired) electrons. The molecule has 2 aliphatic rings. The number of nitrogens with one attached hydrogen (secondary N) is 1. The van der Waals surface area contributed by atoms with Crippen LogP contribution in [0.2, 0.25) is 0 Å². The number of H-pyrrole nitrogens is 1. The van der Waals surface area contributed by atoms with E-state index in [1.165, 1.54) is 0 Å². The van der Waals surface area contributed by atoms with Crippen LogP contribution in [-0.4, -0.2) is 45.8 Å². The largest absolute Gasteiger partial charge is 0.563 e. The molecule has 0 bridgehead atoms. The lowest BCUT2D eigenvalue weighted by Gasteiger charge is -2.27. The number of ether oxygens (including phenoxy) is 1. The van der Waals surface area contributed by atoms with E-state index in [9.17, 15) is 4.79 Å². The molecule has 2 fully saturated rings. The average molecular weight is 423 g/mol. The zero-order chi connectivity index (χ0) is 22.4. The highest BCUT2D eigenvalue weighted by Crippen LogP contribution is 2.33. The van der Waals surface area contributed by atoms with Gasteiger partial charge in [-0.15, -0.1) is 0 Å². The Labute approximate surface area is 183 Å². The van der Waals surface area contributed by atoms with Crippen LogP contribution in [0.1, 0.15) is 59.3 Å². The quantitative estimate of drug-likeness (QED) is 0.750. The SMILES string of the molecule is C=C1OB(c2ccc(-c3cnc([C@@H]4CCCN4C(=O)OC(C)(C)C)[nH]3)cc2)OC1(C)C. The van der Waals surface area contributed by atoms with E-state index in [-0.39, 0.29) is 12.1 Å². The third kappa shape index (κ3) is 4.49. The summed E-state index contributed by atoms with van der Waals surface area (Å²) < 4.78 is 17.3. The molecule has 4 rings (SSSR count). The summed E-state index contributed by atoms with van der Waals surface area (Å²) in [6.45, 7) is 14.1. The highest BCUT2D eigenvalue weighted by Gasteiger charge is 2.42. The summed E-state index contributed by atoms with van der Waals surface area (Å²) in [5.41, 5.74) is 1.82. The molecule has 8 heteroatoms. The molecule has 2 aromatic rings. The van der Waals surface area contributed by atoms with E-state index in [1.807, 2.05) is 65.1 Å². The number of imidazole rings is 1. The molecular weight excluding hydrogens is 393 g/mol. The maximum Gasteiger partial charge on any atom is 0.563 e. The molecule has 3 heterocycles. The van der Waals surface area contributed by atoms with Crippen molar-refractivity contribution >= 4 is 18.7 Å². The number of hydrogen-bond donors (Lipinski definition) is 1. The van der Waals surface area contributed by atoms with Crippen LogP contribution in [0.4, 0.5) is 4.79 Å². The van der Waals surface area contributed by atoms with Crippen molar-refractivity contribution in [3.8, 4) is 11.3 Å². The van der Waals surface area contributed by atoms with Crippen LogP contribution < -0.4 is 5.46 Å². The lowest BCUT2D eigenvalue weighted by Crippen LogP contribution is -2.36. The molecule has 1 atom stereocenters. The smallest absolute Gasteiger partial charge is 0.534 e. The number of benzene rings is 1. The van der Waals surface area contributed by atoms with Crippen molar-refractivity contribution < 1.29 is 18.8 Å². The van der Waals surface area contributed by atoms with Gasteiger partial charge in [-0.2, -0.15) is 0 Å². The average Bonchev–Trinajstić information content (AvgIpc) is 3.40. The first-order chi connectivity index (χ1) is 14.5.